The highest BCUT2D eigenvalue weighted by atomic mass is 79.9. The summed E-state index contributed by atoms with van der Waals surface area (Å²) in [7, 11) is 1.51. The van der Waals surface area contributed by atoms with Crippen LogP contribution in [0.5, 0.6) is 5.75 Å². The van der Waals surface area contributed by atoms with Crippen molar-refractivity contribution >= 4 is 27.9 Å². The summed E-state index contributed by atoms with van der Waals surface area (Å²) in [6, 6.07) is 3.42. The molecule has 0 aromatic heterocycles. The van der Waals surface area contributed by atoms with Crippen molar-refractivity contribution in [2.45, 2.75) is 0 Å². The fourth-order valence-corrected chi connectivity index (χ4v) is 1.33. The first-order chi connectivity index (χ1) is 5.70. The van der Waals surface area contributed by atoms with Gasteiger partial charge in [0.2, 0.25) is 0 Å². The molecule has 1 aromatic rings. The molecule has 0 aliphatic heterocycles. The molecule has 12 heavy (non-hydrogen) atoms. The first kappa shape index (κ1) is 9.06. The summed E-state index contributed by atoms with van der Waals surface area (Å²) >= 11 is 3.20. The Morgan fingerprint density at radius 2 is 2.25 bits per heavy atom. The van der Waals surface area contributed by atoms with Gasteiger partial charge in [-0.05, 0) is 28.1 Å². The lowest BCUT2D eigenvalue weighted by Gasteiger charge is -2.06. The van der Waals surface area contributed by atoms with Crippen LogP contribution in [0, 0.1) is 0 Å². The Kier molecular flexibility index (Phi) is 2.70. The molecule has 4 heteroatoms. The van der Waals surface area contributed by atoms with Crippen LogP contribution in [0.15, 0.2) is 16.6 Å². The van der Waals surface area contributed by atoms with E-state index in [9.17, 15) is 4.79 Å². The van der Waals surface area contributed by atoms with Gasteiger partial charge in [0.25, 0.3) is 0 Å². The van der Waals surface area contributed by atoms with Crippen LogP contribution < -0.4 is 10.5 Å². The molecule has 0 amide bonds. The Morgan fingerprint density at radius 1 is 1.58 bits per heavy atom. The van der Waals surface area contributed by atoms with Crippen LogP contribution in [0.4, 0.5) is 5.69 Å². The van der Waals surface area contributed by atoms with Crippen molar-refractivity contribution in [1.82, 2.24) is 0 Å². The van der Waals surface area contributed by atoms with Crippen LogP contribution in [0.2, 0.25) is 0 Å². The van der Waals surface area contributed by atoms with E-state index in [2.05, 4.69) is 15.9 Å². The lowest BCUT2D eigenvalue weighted by atomic mass is 10.2. The van der Waals surface area contributed by atoms with Gasteiger partial charge < -0.3 is 10.5 Å². The van der Waals surface area contributed by atoms with E-state index in [1.54, 1.807) is 12.1 Å². The lowest BCUT2D eigenvalue weighted by Crippen LogP contribution is -1.97. The molecule has 0 saturated heterocycles. The van der Waals surface area contributed by atoms with Crippen LogP contribution in [0.25, 0.3) is 0 Å². The van der Waals surface area contributed by atoms with Crippen molar-refractivity contribution in [2.75, 3.05) is 12.8 Å². The molecule has 0 fully saturated rings. The van der Waals surface area contributed by atoms with Crippen molar-refractivity contribution < 1.29 is 9.53 Å². The summed E-state index contributed by atoms with van der Waals surface area (Å²) in [5.41, 5.74) is 6.41. The highest BCUT2D eigenvalue weighted by molar-refractivity contribution is 9.10. The predicted octanol–water partition coefficient (Wildman–Crippen LogP) is 1.85. The van der Waals surface area contributed by atoms with Crippen molar-refractivity contribution in [2.24, 2.45) is 0 Å². The van der Waals surface area contributed by atoms with Crippen LogP contribution in [0.1, 0.15) is 10.4 Å². The first-order valence-electron chi connectivity index (χ1n) is 3.28. The molecule has 0 bridgehead atoms. The Balaban J connectivity index is 3.33. The van der Waals surface area contributed by atoms with Gasteiger partial charge in [0.1, 0.15) is 5.75 Å². The average Bonchev–Trinajstić information content (AvgIpc) is 2.06. The number of carbonyl (C=O) groups excluding carboxylic acids is 1. The van der Waals surface area contributed by atoms with Crippen LogP contribution in [0.3, 0.4) is 0 Å². The Hall–Kier alpha value is -1.03. The summed E-state index contributed by atoms with van der Waals surface area (Å²) in [5, 5.41) is 0. The van der Waals surface area contributed by atoms with Gasteiger partial charge in [-0.2, -0.15) is 0 Å². The van der Waals surface area contributed by atoms with E-state index in [4.69, 9.17) is 10.5 Å². The maximum Gasteiger partial charge on any atom is 0.153 e. The summed E-state index contributed by atoms with van der Waals surface area (Å²) in [6.07, 6.45) is 0.696. The van der Waals surface area contributed by atoms with Crippen LogP contribution in [-0.4, -0.2) is 13.4 Å². The van der Waals surface area contributed by atoms with Crippen molar-refractivity contribution in [3.05, 3.63) is 22.2 Å². The van der Waals surface area contributed by atoms with Gasteiger partial charge in [-0.15, -0.1) is 0 Å². The fraction of sp³-hybridized carbons (Fsp3) is 0.125. The zero-order valence-electron chi connectivity index (χ0n) is 6.50. The number of carbonyl (C=O) groups is 1. The molecule has 64 valence electrons. The lowest BCUT2D eigenvalue weighted by molar-refractivity contribution is 0.112. The molecular weight excluding hydrogens is 222 g/mol. The third kappa shape index (κ3) is 1.43. The van der Waals surface area contributed by atoms with E-state index in [1.807, 2.05) is 0 Å². The van der Waals surface area contributed by atoms with E-state index in [1.165, 1.54) is 7.11 Å². The molecule has 0 spiro atoms. The molecule has 0 aliphatic rings. The van der Waals surface area contributed by atoms with Gasteiger partial charge in [0, 0.05) is 4.47 Å². The normalized spacial score (nSPS) is 9.50. The number of benzene rings is 1. The minimum Gasteiger partial charge on any atom is -0.495 e. The Morgan fingerprint density at radius 3 is 2.75 bits per heavy atom. The quantitative estimate of drug-likeness (QED) is 0.623. The number of ether oxygens (including phenoxy) is 1. The topological polar surface area (TPSA) is 52.3 Å². The van der Waals surface area contributed by atoms with Crippen LogP contribution >= 0.6 is 15.9 Å². The van der Waals surface area contributed by atoms with Gasteiger partial charge in [-0.25, -0.2) is 0 Å². The standard InChI is InChI=1S/C8H8BrNO2/c1-12-7-3-2-6(9)5(4-11)8(7)10/h2-4H,10H2,1H3. The van der Waals surface area contributed by atoms with Crippen LogP contribution in [-0.2, 0) is 0 Å². The number of hydrogen-bond acceptors (Lipinski definition) is 3. The second kappa shape index (κ2) is 3.58. The van der Waals surface area contributed by atoms with Crippen molar-refractivity contribution in [3.63, 3.8) is 0 Å². The average molecular weight is 230 g/mol. The molecule has 0 atom stereocenters. The number of nitrogens with two attached hydrogens (primary N) is 1. The Bertz CT molecular complexity index is 312. The molecule has 0 heterocycles. The molecule has 3 nitrogen and oxygen atoms in total. The predicted molar refractivity (Wildman–Crippen MR) is 50.5 cm³/mol. The summed E-state index contributed by atoms with van der Waals surface area (Å²) in [6.45, 7) is 0. The third-order valence-corrected chi connectivity index (χ3v) is 2.22. The zero-order chi connectivity index (χ0) is 9.14. The number of nitrogen functional groups attached to an aromatic ring is 1. The minimum atomic E-state index is 0.363. The molecule has 1 aromatic carbocycles. The molecule has 0 radical (unpaired) electrons. The van der Waals surface area contributed by atoms with Gasteiger partial charge in [0.15, 0.2) is 6.29 Å². The number of hydrogen-bond donors (Lipinski definition) is 1. The van der Waals surface area contributed by atoms with Gasteiger partial charge in [-0.1, -0.05) is 0 Å². The van der Waals surface area contributed by atoms with E-state index < -0.39 is 0 Å². The maximum absolute atomic E-state index is 10.6. The van der Waals surface area contributed by atoms with Crippen molar-refractivity contribution in [1.29, 1.82) is 0 Å². The van der Waals surface area contributed by atoms with E-state index in [0.29, 0.717) is 27.8 Å². The second-order valence-electron chi connectivity index (χ2n) is 2.19. The molecule has 2 N–H and O–H groups in total. The maximum atomic E-state index is 10.6. The first-order valence-corrected chi connectivity index (χ1v) is 4.07. The minimum absolute atomic E-state index is 0.363. The van der Waals surface area contributed by atoms with Gasteiger partial charge in [-0.3, -0.25) is 4.79 Å². The number of halogens is 1. The Labute approximate surface area is 78.6 Å². The van der Waals surface area contributed by atoms with Gasteiger partial charge >= 0.3 is 0 Å². The highest BCUT2D eigenvalue weighted by Gasteiger charge is 2.07. The van der Waals surface area contributed by atoms with Crippen molar-refractivity contribution in [3.8, 4) is 5.75 Å². The molecule has 0 saturated carbocycles. The molecule has 0 unspecified atom stereocenters. The van der Waals surface area contributed by atoms with Gasteiger partial charge in [0.05, 0.1) is 18.4 Å². The monoisotopic (exact) mass is 229 g/mol. The molecule has 0 aliphatic carbocycles. The summed E-state index contributed by atoms with van der Waals surface area (Å²) < 4.78 is 5.61. The van der Waals surface area contributed by atoms with E-state index in [0.717, 1.165) is 0 Å². The summed E-state index contributed by atoms with van der Waals surface area (Å²) in [4.78, 5) is 10.6. The number of rotatable bonds is 2. The van der Waals surface area contributed by atoms with E-state index in [-0.39, 0.29) is 0 Å². The zero-order valence-corrected chi connectivity index (χ0v) is 8.09. The highest BCUT2D eigenvalue weighted by Crippen LogP contribution is 2.29. The fourth-order valence-electron chi connectivity index (χ4n) is 0.888. The smallest absolute Gasteiger partial charge is 0.153 e. The largest absolute Gasteiger partial charge is 0.495 e. The summed E-state index contributed by atoms with van der Waals surface area (Å²) in [5.74, 6) is 0.514. The molecule has 1 rings (SSSR count). The number of aldehydes is 1. The van der Waals surface area contributed by atoms with E-state index >= 15 is 0 Å². The SMILES string of the molecule is COc1ccc(Br)c(C=O)c1N. The number of methoxy groups -OCH3 is 1. The third-order valence-electron chi connectivity index (χ3n) is 1.53. The molecular formula is C8H8BrNO2. The number of anilines is 1. The second-order valence-corrected chi connectivity index (χ2v) is 3.05.